The molecule has 1 fully saturated rings. The third kappa shape index (κ3) is 4.21. The molecule has 2 rings (SSSR count). The van der Waals surface area contributed by atoms with Gasteiger partial charge in [0.05, 0.1) is 0 Å². The maximum absolute atomic E-state index is 11.9. The van der Waals surface area contributed by atoms with E-state index in [1.807, 2.05) is 26.0 Å². The highest BCUT2D eigenvalue weighted by Gasteiger charge is 2.42. The maximum Gasteiger partial charge on any atom is 0.316 e. The van der Waals surface area contributed by atoms with Gasteiger partial charge >= 0.3 is 6.03 Å². The molecule has 7 nitrogen and oxygen atoms in total. The fraction of sp³-hybridized carbons (Fsp3) is 0.438. The Morgan fingerprint density at radius 2 is 1.83 bits per heavy atom. The summed E-state index contributed by atoms with van der Waals surface area (Å²) in [6.45, 7) is 3.94. The normalized spacial score (nSPS) is 20.7. The highest BCUT2D eigenvalue weighted by molar-refractivity contribution is 6.05. The predicted octanol–water partition coefficient (Wildman–Crippen LogP) is 0.125. The summed E-state index contributed by atoms with van der Waals surface area (Å²) >= 11 is 0. The average Bonchev–Trinajstić information content (AvgIpc) is 3.24. The first kappa shape index (κ1) is 16.8. The zero-order valence-electron chi connectivity index (χ0n) is 13.2. The van der Waals surface area contributed by atoms with Crippen molar-refractivity contribution in [2.75, 3.05) is 0 Å². The molecule has 0 radical (unpaired) electrons. The minimum atomic E-state index is -1.51. The first-order chi connectivity index (χ1) is 10.8. The van der Waals surface area contributed by atoms with Crippen LogP contribution in [-0.4, -0.2) is 29.9 Å². The Hall–Kier alpha value is -2.57. The van der Waals surface area contributed by atoms with E-state index in [1.165, 1.54) is 11.1 Å². The van der Waals surface area contributed by atoms with Crippen molar-refractivity contribution in [2.24, 2.45) is 17.4 Å². The molecule has 0 spiro atoms. The molecule has 6 N–H and O–H groups in total. The summed E-state index contributed by atoms with van der Waals surface area (Å²) < 4.78 is 0. The number of nitrogens with one attached hydrogen (secondary N) is 2. The van der Waals surface area contributed by atoms with Crippen LogP contribution in [0.4, 0.5) is 4.79 Å². The monoisotopic (exact) mass is 318 g/mol. The first-order valence-corrected chi connectivity index (χ1v) is 7.51. The molecule has 0 heterocycles. The predicted molar refractivity (Wildman–Crippen MR) is 85.3 cm³/mol. The molecular formula is C16H22N4O3. The SMILES string of the molecule is Cc1cccc([C@@H]2C[C@H]2[C@@H](C)NC(=O)NC(C(N)=O)C(N)=O)c1. The van der Waals surface area contributed by atoms with Gasteiger partial charge in [0.1, 0.15) is 0 Å². The van der Waals surface area contributed by atoms with Crippen LogP contribution in [0.15, 0.2) is 24.3 Å². The van der Waals surface area contributed by atoms with E-state index < -0.39 is 23.9 Å². The van der Waals surface area contributed by atoms with E-state index in [4.69, 9.17) is 11.5 Å². The van der Waals surface area contributed by atoms with E-state index in [2.05, 4.69) is 22.8 Å². The molecule has 3 atom stereocenters. The fourth-order valence-corrected chi connectivity index (χ4v) is 2.82. The highest BCUT2D eigenvalue weighted by atomic mass is 16.2. The summed E-state index contributed by atoms with van der Waals surface area (Å²) in [5.74, 6) is -1.23. The number of aryl methyl sites for hydroxylation is 1. The van der Waals surface area contributed by atoms with Crippen LogP contribution in [0.3, 0.4) is 0 Å². The van der Waals surface area contributed by atoms with Gasteiger partial charge in [-0.05, 0) is 37.7 Å². The largest absolute Gasteiger partial charge is 0.367 e. The number of benzene rings is 1. The molecule has 0 saturated heterocycles. The molecule has 0 aliphatic heterocycles. The van der Waals surface area contributed by atoms with Gasteiger partial charge in [-0.1, -0.05) is 29.8 Å². The number of hydrogen-bond donors (Lipinski definition) is 4. The van der Waals surface area contributed by atoms with Crippen LogP contribution in [0.25, 0.3) is 0 Å². The van der Waals surface area contributed by atoms with Crippen molar-refractivity contribution < 1.29 is 14.4 Å². The Balaban J connectivity index is 1.88. The van der Waals surface area contributed by atoms with E-state index in [9.17, 15) is 14.4 Å². The van der Waals surface area contributed by atoms with E-state index in [1.54, 1.807) is 0 Å². The van der Waals surface area contributed by atoms with Crippen LogP contribution in [0.5, 0.6) is 0 Å². The molecule has 0 unspecified atom stereocenters. The number of hydrogen-bond acceptors (Lipinski definition) is 3. The number of primary amides is 2. The smallest absolute Gasteiger partial charge is 0.316 e. The molecule has 4 amide bonds. The summed E-state index contributed by atoms with van der Waals surface area (Å²) in [5, 5.41) is 4.92. The highest BCUT2D eigenvalue weighted by Crippen LogP contribution is 2.49. The average molecular weight is 318 g/mol. The Morgan fingerprint density at radius 1 is 1.17 bits per heavy atom. The summed E-state index contributed by atoms with van der Waals surface area (Å²) in [6.07, 6.45) is 0.986. The van der Waals surface area contributed by atoms with Gasteiger partial charge in [0.2, 0.25) is 11.8 Å². The zero-order chi connectivity index (χ0) is 17.1. The van der Waals surface area contributed by atoms with Crippen molar-refractivity contribution in [2.45, 2.75) is 38.3 Å². The van der Waals surface area contributed by atoms with E-state index in [-0.39, 0.29) is 6.04 Å². The third-order valence-corrected chi connectivity index (χ3v) is 4.16. The maximum atomic E-state index is 11.9. The Morgan fingerprint density at radius 3 is 2.39 bits per heavy atom. The lowest BCUT2D eigenvalue weighted by Gasteiger charge is -2.17. The lowest BCUT2D eigenvalue weighted by molar-refractivity contribution is -0.128. The second-order valence-corrected chi connectivity index (χ2v) is 6.06. The van der Waals surface area contributed by atoms with E-state index in [0.717, 1.165) is 6.42 Å². The molecule has 1 aromatic carbocycles. The van der Waals surface area contributed by atoms with Gasteiger partial charge in [-0.2, -0.15) is 0 Å². The quantitative estimate of drug-likeness (QED) is 0.556. The van der Waals surface area contributed by atoms with Crippen LogP contribution < -0.4 is 22.1 Å². The van der Waals surface area contributed by atoms with Gasteiger partial charge < -0.3 is 22.1 Å². The number of amides is 4. The van der Waals surface area contributed by atoms with E-state index in [0.29, 0.717) is 11.8 Å². The molecule has 1 aliphatic carbocycles. The minimum Gasteiger partial charge on any atom is -0.367 e. The van der Waals surface area contributed by atoms with Crippen LogP contribution in [0.2, 0.25) is 0 Å². The molecule has 1 saturated carbocycles. The van der Waals surface area contributed by atoms with Crippen LogP contribution in [0.1, 0.15) is 30.4 Å². The van der Waals surface area contributed by atoms with Gasteiger partial charge in [0.25, 0.3) is 0 Å². The van der Waals surface area contributed by atoms with Crippen molar-refractivity contribution in [1.82, 2.24) is 10.6 Å². The van der Waals surface area contributed by atoms with E-state index >= 15 is 0 Å². The molecule has 1 aliphatic rings. The zero-order valence-corrected chi connectivity index (χ0v) is 13.2. The summed E-state index contributed by atoms with van der Waals surface area (Å²) in [5.41, 5.74) is 12.5. The molecule has 124 valence electrons. The van der Waals surface area contributed by atoms with Crippen molar-refractivity contribution in [3.05, 3.63) is 35.4 Å². The molecule has 7 heteroatoms. The van der Waals surface area contributed by atoms with Gasteiger partial charge in [0.15, 0.2) is 6.04 Å². The first-order valence-electron chi connectivity index (χ1n) is 7.51. The fourth-order valence-electron chi connectivity index (χ4n) is 2.82. The number of urea groups is 1. The lowest BCUT2D eigenvalue weighted by Crippen LogP contribution is -2.56. The molecule has 23 heavy (non-hydrogen) atoms. The summed E-state index contributed by atoms with van der Waals surface area (Å²) in [4.78, 5) is 34.0. The van der Waals surface area contributed by atoms with Crippen LogP contribution in [0, 0.1) is 12.8 Å². The van der Waals surface area contributed by atoms with Crippen molar-refractivity contribution in [1.29, 1.82) is 0 Å². The van der Waals surface area contributed by atoms with Crippen molar-refractivity contribution >= 4 is 17.8 Å². The van der Waals surface area contributed by atoms with Gasteiger partial charge in [-0.15, -0.1) is 0 Å². The topological polar surface area (TPSA) is 127 Å². The number of rotatable bonds is 6. The third-order valence-electron chi connectivity index (χ3n) is 4.16. The molecule has 0 aromatic heterocycles. The Kier molecular flexibility index (Phi) is 4.88. The molecular weight excluding hydrogens is 296 g/mol. The van der Waals surface area contributed by atoms with Crippen LogP contribution >= 0.6 is 0 Å². The second-order valence-electron chi connectivity index (χ2n) is 6.06. The van der Waals surface area contributed by atoms with Gasteiger partial charge in [0, 0.05) is 6.04 Å². The van der Waals surface area contributed by atoms with Crippen LogP contribution in [-0.2, 0) is 9.59 Å². The Bertz CT molecular complexity index is 618. The van der Waals surface area contributed by atoms with Gasteiger partial charge in [-0.25, -0.2) is 4.79 Å². The number of nitrogens with two attached hydrogens (primary N) is 2. The molecule has 1 aromatic rings. The minimum absolute atomic E-state index is 0.0954. The summed E-state index contributed by atoms with van der Waals surface area (Å²) in [6, 6.07) is 6.07. The summed E-state index contributed by atoms with van der Waals surface area (Å²) in [7, 11) is 0. The lowest BCUT2D eigenvalue weighted by atomic mass is 10.0. The number of carbonyl (C=O) groups excluding carboxylic acids is 3. The number of carbonyl (C=O) groups is 3. The Labute approximate surface area is 134 Å². The van der Waals surface area contributed by atoms with Gasteiger partial charge in [-0.3, -0.25) is 9.59 Å². The van der Waals surface area contributed by atoms with Crippen molar-refractivity contribution in [3.8, 4) is 0 Å². The second kappa shape index (κ2) is 6.68. The van der Waals surface area contributed by atoms with Crippen molar-refractivity contribution in [3.63, 3.8) is 0 Å². The standard InChI is InChI=1S/C16H22N4O3/c1-8-4-3-5-10(6-8)12-7-11(12)9(2)19-16(23)20-13(14(17)21)15(18)22/h3-6,9,11-13H,7H2,1-2H3,(H2,17,21)(H2,18,22)(H2,19,20,23)/t9-,11+,12+/m1/s1. The molecule has 0 bridgehead atoms.